The first-order valence-corrected chi connectivity index (χ1v) is 5.32. The van der Waals surface area contributed by atoms with Crippen molar-refractivity contribution in [3.05, 3.63) is 48.3 Å². The first kappa shape index (κ1) is 13.1. The quantitative estimate of drug-likeness (QED) is 0.438. The maximum absolute atomic E-state index is 12.7. The number of hydrazone groups is 1. The van der Waals surface area contributed by atoms with Gasteiger partial charge in [-0.05, 0) is 24.1 Å². The summed E-state index contributed by atoms with van der Waals surface area (Å²) in [7, 11) is 0. The van der Waals surface area contributed by atoms with Gasteiger partial charge in [0.1, 0.15) is 5.82 Å². The van der Waals surface area contributed by atoms with Crippen molar-refractivity contribution in [1.82, 2.24) is 5.01 Å². The molecule has 4 heteroatoms. The molecule has 1 rings (SSSR count). The van der Waals surface area contributed by atoms with Crippen LogP contribution in [0.25, 0.3) is 0 Å². The summed E-state index contributed by atoms with van der Waals surface area (Å²) in [6, 6.07) is 5.90. The Balaban J connectivity index is 2.68. The molecule has 0 aromatic heterocycles. The van der Waals surface area contributed by atoms with Gasteiger partial charge in [-0.3, -0.25) is 4.79 Å². The van der Waals surface area contributed by atoms with Crippen molar-refractivity contribution < 1.29 is 9.18 Å². The highest BCUT2D eigenvalue weighted by molar-refractivity contribution is 5.81. The van der Waals surface area contributed by atoms with E-state index in [1.165, 1.54) is 30.3 Å². The summed E-state index contributed by atoms with van der Waals surface area (Å²) >= 11 is 0. The standard InChI is InChI=1S/C13H15FN2O/c1-3-4-9-16(11(2)17)15-10-12-5-7-13(14)8-6-12/h3,5-8,10H,1,4,9H2,2H3. The van der Waals surface area contributed by atoms with E-state index in [0.717, 1.165) is 5.56 Å². The molecule has 1 aromatic carbocycles. The second-order valence-corrected chi connectivity index (χ2v) is 3.52. The Morgan fingerprint density at radius 3 is 2.65 bits per heavy atom. The monoisotopic (exact) mass is 234 g/mol. The number of halogens is 1. The highest BCUT2D eigenvalue weighted by Crippen LogP contribution is 2.01. The maximum atomic E-state index is 12.7. The molecule has 0 aliphatic rings. The number of carbonyl (C=O) groups is 1. The minimum Gasteiger partial charge on any atom is -0.273 e. The molecule has 0 aliphatic carbocycles. The van der Waals surface area contributed by atoms with Crippen LogP contribution >= 0.6 is 0 Å². The summed E-state index contributed by atoms with van der Waals surface area (Å²) in [6.45, 7) is 5.53. The van der Waals surface area contributed by atoms with E-state index in [2.05, 4.69) is 11.7 Å². The summed E-state index contributed by atoms with van der Waals surface area (Å²) in [5, 5.41) is 5.40. The smallest absolute Gasteiger partial charge is 0.239 e. The number of carbonyl (C=O) groups excluding carboxylic acids is 1. The molecule has 90 valence electrons. The van der Waals surface area contributed by atoms with Crippen LogP contribution in [-0.2, 0) is 4.79 Å². The second-order valence-electron chi connectivity index (χ2n) is 3.52. The molecule has 0 saturated carbocycles. The zero-order chi connectivity index (χ0) is 12.7. The van der Waals surface area contributed by atoms with Crippen LogP contribution in [0.5, 0.6) is 0 Å². The summed E-state index contributed by atoms with van der Waals surface area (Å²) in [5.74, 6) is -0.428. The summed E-state index contributed by atoms with van der Waals surface area (Å²) in [6.07, 6.45) is 3.94. The lowest BCUT2D eigenvalue weighted by Crippen LogP contribution is -2.24. The van der Waals surface area contributed by atoms with E-state index < -0.39 is 0 Å². The van der Waals surface area contributed by atoms with E-state index in [9.17, 15) is 9.18 Å². The molecule has 0 fully saturated rings. The minimum atomic E-state index is -0.294. The number of hydrogen-bond donors (Lipinski definition) is 0. The molecule has 1 amide bonds. The summed E-state index contributed by atoms with van der Waals surface area (Å²) < 4.78 is 12.7. The molecule has 3 nitrogen and oxygen atoms in total. The third-order valence-electron chi connectivity index (χ3n) is 2.12. The van der Waals surface area contributed by atoms with E-state index >= 15 is 0 Å². The van der Waals surface area contributed by atoms with Crippen LogP contribution in [0.3, 0.4) is 0 Å². The average Bonchev–Trinajstić information content (AvgIpc) is 2.31. The molecule has 1 aromatic rings. The molecule has 0 saturated heterocycles. The van der Waals surface area contributed by atoms with Gasteiger partial charge in [0.15, 0.2) is 0 Å². The molecular weight excluding hydrogens is 219 g/mol. The SMILES string of the molecule is C=CCCN(N=Cc1ccc(F)cc1)C(C)=O. The maximum Gasteiger partial charge on any atom is 0.239 e. The van der Waals surface area contributed by atoms with Crippen molar-refractivity contribution >= 4 is 12.1 Å². The number of amides is 1. The summed E-state index contributed by atoms with van der Waals surface area (Å²) in [4.78, 5) is 11.2. The molecule has 0 N–H and O–H groups in total. The molecule has 17 heavy (non-hydrogen) atoms. The predicted molar refractivity (Wildman–Crippen MR) is 66.2 cm³/mol. The Morgan fingerprint density at radius 1 is 1.47 bits per heavy atom. The van der Waals surface area contributed by atoms with Gasteiger partial charge in [0, 0.05) is 13.5 Å². The van der Waals surface area contributed by atoms with Crippen LogP contribution < -0.4 is 0 Å². The van der Waals surface area contributed by atoms with Crippen molar-refractivity contribution in [2.75, 3.05) is 6.54 Å². The largest absolute Gasteiger partial charge is 0.273 e. The van der Waals surface area contributed by atoms with Gasteiger partial charge < -0.3 is 0 Å². The van der Waals surface area contributed by atoms with Crippen LogP contribution in [0.2, 0.25) is 0 Å². The molecular formula is C13H15FN2O. The normalized spacial score (nSPS) is 10.5. The van der Waals surface area contributed by atoms with Gasteiger partial charge in [0.2, 0.25) is 5.91 Å². The van der Waals surface area contributed by atoms with Gasteiger partial charge in [0.25, 0.3) is 0 Å². The third-order valence-corrected chi connectivity index (χ3v) is 2.12. The molecule has 0 spiro atoms. The zero-order valence-electron chi connectivity index (χ0n) is 9.77. The van der Waals surface area contributed by atoms with E-state index in [1.807, 2.05) is 0 Å². The fourth-order valence-electron chi connectivity index (χ4n) is 1.20. The third kappa shape index (κ3) is 4.59. The van der Waals surface area contributed by atoms with Gasteiger partial charge in [-0.1, -0.05) is 18.2 Å². The van der Waals surface area contributed by atoms with Crippen molar-refractivity contribution in [3.8, 4) is 0 Å². The molecule has 0 radical (unpaired) electrons. The van der Waals surface area contributed by atoms with Crippen LogP contribution in [0.1, 0.15) is 18.9 Å². The van der Waals surface area contributed by atoms with Crippen LogP contribution in [-0.4, -0.2) is 23.7 Å². The Hall–Kier alpha value is -1.97. The van der Waals surface area contributed by atoms with E-state index in [4.69, 9.17) is 0 Å². The number of benzene rings is 1. The topological polar surface area (TPSA) is 32.7 Å². The van der Waals surface area contributed by atoms with Crippen LogP contribution in [0.15, 0.2) is 42.0 Å². The van der Waals surface area contributed by atoms with Crippen molar-refractivity contribution in [2.24, 2.45) is 5.10 Å². The minimum absolute atomic E-state index is 0.134. The lowest BCUT2D eigenvalue weighted by Gasteiger charge is -2.13. The Kier molecular flexibility index (Phi) is 5.07. The number of hydrogen-bond acceptors (Lipinski definition) is 2. The zero-order valence-corrected chi connectivity index (χ0v) is 9.77. The van der Waals surface area contributed by atoms with Gasteiger partial charge >= 0.3 is 0 Å². The second kappa shape index (κ2) is 6.58. The molecule has 0 heterocycles. The first-order chi connectivity index (χ1) is 8.13. The van der Waals surface area contributed by atoms with Gasteiger partial charge in [-0.25, -0.2) is 9.40 Å². The van der Waals surface area contributed by atoms with Crippen molar-refractivity contribution in [1.29, 1.82) is 0 Å². The average molecular weight is 234 g/mol. The molecule has 0 atom stereocenters. The van der Waals surface area contributed by atoms with Gasteiger partial charge in [-0.15, -0.1) is 6.58 Å². The lowest BCUT2D eigenvalue weighted by atomic mass is 10.2. The first-order valence-electron chi connectivity index (χ1n) is 5.32. The van der Waals surface area contributed by atoms with E-state index in [-0.39, 0.29) is 11.7 Å². The number of nitrogens with zero attached hydrogens (tertiary/aromatic N) is 2. The highest BCUT2D eigenvalue weighted by atomic mass is 19.1. The molecule has 0 aliphatic heterocycles. The van der Waals surface area contributed by atoms with Gasteiger partial charge in [0.05, 0.1) is 6.21 Å². The Bertz CT molecular complexity index is 412. The molecule has 0 unspecified atom stereocenters. The van der Waals surface area contributed by atoms with Crippen LogP contribution in [0.4, 0.5) is 4.39 Å². The van der Waals surface area contributed by atoms with Gasteiger partial charge in [-0.2, -0.15) is 5.10 Å². The van der Waals surface area contributed by atoms with Crippen molar-refractivity contribution in [2.45, 2.75) is 13.3 Å². The molecule has 0 bridgehead atoms. The lowest BCUT2D eigenvalue weighted by molar-refractivity contribution is -0.128. The fraction of sp³-hybridized carbons (Fsp3) is 0.231. The van der Waals surface area contributed by atoms with E-state index in [1.54, 1.807) is 18.2 Å². The fourth-order valence-corrected chi connectivity index (χ4v) is 1.20. The van der Waals surface area contributed by atoms with E-state index in [0.29, 0.717) is 13.0 Å². The van der Waals surface area contributed by atoms with Crippen LogP contribution in [0, 0.1) is 5.82 Å². The highest BCUT2D eigenvalue weighted by Gasteiger charge is 2.04. The summed E-state index contributed by atoms with van der Waals surface area (Å²) in [5.41, 5.74) is 0.747. The van der Waals surface area contributed by atoms with Crippen molar-refractivity contribution in [3.63, 3.8) is 0 Å². The Morgan fingerprint density at radius 2 is 2.12 bits per heavy atom. The Labute approximate surface area is 100 Å². The number of rotatable bonds is 5. The predicted octanol–water partition coefficient (Wildman–Crippen LogP) is 2.58.